The average Bonchev–Trinajstić information content (AvgIpc) is 2.37. The van der Waals surface area contributed by atoms with Gasteiger partial charge in [-0.3, -0.25) is 4.79 Å². The lowest BCUT2D eigenvalue weighted by Gasteiger charge is -2.17. The van der Waals surface area contributed by atoms with Crippen LogP contribution in [0.4, 0.5) is 0 Å². The van der Waals surface area contributed by atoms with Crippen molar-refractivity contribution in [1.29, 1.82) is 0 Å². The van der Waals surface area contributed by atoms with Crippen LogP contribution in [0.3, 0.4) is 0 Å². The fourth-order valence-electron chi connectivity index (χ4n) is 0.454. The summed E-state index contributed by atoms with van der Waals surface area (Å²) in [7, 11) is 2.95. The zero-order valence-electron chi connectivity index (χ0n) is 12.3. The minimum Gasteiger partial charge on any atom is -0.481 e. The second-order valence-corrected chi connectivity index (χ2v) is 9.73. The molecule has 0 saturated carbocycles. The second kappa shape index (κ2) is 15.9. The summed E-state index contributed by atoms with van der Waals surface area (Å²) >= 11 is 6.31. The lowest BCUT2D eigenvalue weighted by molar-refractivity contribution is -0.140. The normalized spacial score (nSPS) is 11.0. The molecular formula is C12H25O4PS2. The third-order valence-electron chi connectivity index (χ3n) is 1.35. The molecule has 114 valence electrons. The molecule has 1 N–H and O–H groups in total. The van der Waals surface area contributed by atoms with Crippen LogP contribution in [0.5, 0.6) is 0 Å². The largest absolute Gasteiger partial charge is 0.481 e. The van der Waals surface area contributed by atoms with Gasteiger partial charge in [-0.25, -0.2) is 0 Å². The average molecular weight is 328 g/mol. The highest BCUT2D eigenvalue weighted by atomic mass is 32.9. The van der Waals surface area contributed by atoms with E-state index in [0.29, 0.717) is 5.75 Å². The maximum absolute atomic E-state index is 10.5. The molecule has 0 rings (SSSR count). The number of carbonyl (C=O) groups is 1. The molecule has 4 nitrogen and oxygen atoms in total. The molecule has 0 bridgehead atoms. The number of rotatable bonds is 6. The molecule has 19 heavy (non-hydrogen) atoms. The summed E-state index contributed by atoms with van der Waals surface area (Å²) in [4.78, 5) is 10.5. The molecule has 0 saturated heterocycles. The fraction of sp³-hybridized carbons (Fsp3) is 0.583. The number of carboxylic acids is 1. The van der Waals surface area contributed by atoms with Gasteiger partial charge >= 0.3 is 5.97 Å². The highest BCUT2D eigenvalue weighted by Gasteiger charge is 2.20. The van der Waals surface area contributed by atoms with Crippen molar-refractivity contribution >= 4 is 34.9 Å². The first-order valence-electron chi connectivity index (χ1n) is 5.51. The molecule has 1 unspecified atom stereocenters. The summed E-state index contributed by atoms with van der Waals surface area (Å²) in [5.41, 5.74) is -2.29. The van der Waals surface area contributed by atoms with Gasteiger partial charge in [0.15, 0.2) is 0 Å². The van der Waals surface area contributed by atoms with E-state index in [9.17, 15) is 4.79 Å². The van der Waals surface area contributed by atoms with Crippen LogP contribution in [0.1, 0.15) is 20.8 Å². The third-order valence-corrected chi connectivity index (χ3v) is 7.34. The zero-order chi connectivity index (χ0) is 15.9. The first-order valence-corrected chi connectivity index (χ1v) is 9.74. The monoisotopic (exact) mass is 328 g/mol. The summed E-state index contributed by atoms with van der Waals surface area (Å²) < 4.78 is 9.98. The van der Waals surface area contributed by atoms with Crippen molar-refractivity contribution in [2.45, 2.75) is 20.8 Å². The standard InChI is InChI=1S/C6H13O4PS2.2C3H6/c1-5(6(7)8)4-13-11(12,9-2)10-3;2*1-3-2/h5H,4H2,1-3H3,(H,7,8);2*3H,1H2,2H3. The van der Waals surface area contributed by atoms with Crippen molar-refractivity contribution in [3.63, 3.8) is 0 Å². The summed E-state index contributed by atoms with van der Waals surface area (Å²) in [6.07, 6.45) is 3.50. The molecule has 0 aliphatic heterocycles. The Labute approximate surface area is 126 Å². The molecule has 7 heteroatoms. The second-order valence-electron chi connectivity index (χ2n) is 3.16. The predicted molar refractivity (Wildman–Crippen MR) is 89.3 cm³/mol. The Morgan fingerprint density at radius 3 is 1.89 bits per heavy atom. The molecule has 0 aromatic rings. The Kier molecular flexibility index (Phi) is 20.1. The van der Waals surface area contributed by atoms with E-state index >= 15 is 0 Å². The van der Waals surface area contributed by atoms with E-state index in [2.05, 4.69) is 13.2 Å². The third kappa shape index (κ3) is 17.9. The smallest absolute Gasteiger partial charge is 0.307 e. The number of aliphatic carboxylic acids is 1. The van der Waals surface area contributed by atoms with Gasteiger partial charge in [0, 0.05) is 20.0 Å². The highest BCUT2D eigenvalue weighted by molar-refractivity contribution is 8.67. The van der Waals surface area contributed by atoms with Crippen LogP contribution in [-0.4, -0.2) is 31.0 Å². The Morgan fingerprint density at radius 1 is 1.37 bits per heavy atom. The van der Waals surface area contributed by atoms with E-state index in [1.165, 1.54) is 25.6 Å². The van der Waals surface area contributed by atoms with E-state index < -0.39 is 17.6 Å². The molecule has 0 spiro atoms. The topological polar surface area (TPSA) is 55.8 Å². The van der Waals surface area contributed by atoms with E-state index in [1.807, 2.05) is 13.8 Å². The molecule has 0 aromatic carbocycles. The molecule has 0 heterocycles. The van der Waals surface area contributed by atoms with Crippen molar-refractivity contribution in [1.82, 2.24) is 0 Å². The number of allylic oxidation sites excluding steroid dienone is 2. The Morgan fingerprint density at radius 2 is 1.68 bits per heavy atom. The molecule has 0 aliphatic carbocycles. The van der Waals surface area contributed by atoms with Crippen molar-refractivity contribution < 1.29 is 18.9 Å². The molecule has 0 aliphatic rings. The van der Waals surface area contributed by atoms with E-state index in [1.54, 1.807) is 19.1 Å². The molecule has 0 fully saturated rings. The van der Waals surface area contributed by atoms with Crippen LogP contribution in [-0.2, 0) is 25.6 Å². The van der Waals surface area contributed by atoms with E-state index in [0.717, 1.165) is 0 Å². The molecule has 0 amide bonds. The Bertz CT molecular complexity index is 281. The molecule has 0 aromatic heterocycles. The number of carboxylic acid groups (broad SMARTS) is 1. The van der Waals surface area contributed by atoms with Gasteiger partial charge in [-0.1, -0.05) is 30.5 Å². The van der Waals surface area contributed by atoms with Gasteiger partial charge in [0.05, 0.1) is 5.92 Å². The molecule has 0 radical (unpaired) electrons. The van der Waals surface area contributed by atoms with Crippen LogP contribution >= 0.6 is 17.1 Å². The lowest BCUT2D eigenvalue weighted by Crippen LogP contribution is -2.11. The van der Waals surface area contributed by atoms with Crippen LogP contribution in [0.25, 0.3) is 0 Å². The zero-order valence-corrected chi connectivity index (χ0v) is 14.8. The highest BCUT2D eigenvalue weighted by Crippen LogP contribution is 2.60. The fourth-order valence-corrected chi connectivity index (χ4v) is 3.76. The van der Waals surface area contributed by atoms with Crippen LogP contribution < -0.4 is 0 Å². The summed E-state index contributed by atoms with van der Waals surface area (Å²) in [6.45, 7) is 12.1. The van der Waals surface area contributed by atoms with Gasteiger partial charge in [0.2, 0.25) is 5.69 Å². The number of hydrogen-bond acceptors (Lipinski definition) is 5. The minimum absolute atomic E-state index is 0.411. The Balaban J connectivity index is -0.000000360. The van der Waals surface area contributed by atoms with Gasteiger partial charge in [-0.15, -0.1) is 13.2 Å². The molecular weight excluding hydrogens is 303 g/mol. The summed E-state index contributed by atoms with van der Waals surface area (Å²) in [6, 6.07) is 0. The van der Waals surface area contributed by atoms with Crippen molar-refractivity contribution in [3.05, 3.63) is 25.3 Å². The van der Waals surface area contributed by atoms with Crippen LogP contribution in [0.2, 0.25) is 0 Å². The van der Waals surface area contributed by atoms with E-state index in [-0.39, 0.29) is 0 Å². The van der Waals surface area contributed by atoms with Gasteiger partial charge < -0.3 is 14.2 Å². The van der Waals surface area contributed by atoms with Crippen LogP contribution in [0, 0.1) is 5.92 Å². The van der Waals surface area contributed by atoms with Gasteiger partial charge in [-0.05, 0) is 25.7 Å². The lowest BCUT2D eigenvalue weighted by atomic mass is 10.2. The molecule has 1 atom stereocenters. The quantitative estimate of drug-likeness (QED) is 0.578. The first kappa shape index (κ1) is 23.9. The number of hydrogen-bond donors (Lipinski definition) is 1. The SMILES string of the molecule is C=CC.C=CC.COP(=S)(OC)SCC(C)C(=O)O. The maximum Gasteiger partial charge on any atom is 0.307 e. The predicted octanol–water partition coefficient (Wildman–Crippen LogP) is 4.34. The van der Waals surface area contributed by atoms with Crippen molar-refractivity contribution in [2.24, 2.45) is 5.92 Å². The van der Waals surface area contributed by atoms with Gasteiger partial charge in [0.1, 0.15) is 0 Å². The van der Waals surface area contributed by atoms with Crippen molar-refractivity contribution in [2.75, 3.05) is 20.0 Å². The van der Waals surface area contributed by atoms with Crippen LogP contribution in [0.15, 0.2) is 25.3 Å². The van der Waals surface area contributed by atoms with Gasteiger partial charge in [0.25, 0.3) is 0 Å². The first-order chi connectivity index (χ1) is 8.78. The summed E-state index contributed by atoms with van der Waals surface area (Å²) in [5.74, 6) is -0.854. The van der Waals surface area contributed by atoms with Gasteiger partial charge in [-0.2, -0.15) is 0 Å². The van der Waals surface area contributed by atoms with E-state index in [4.69, 9.17) is 26.0 Å². The summed E-state index contributed by atoms with van der Waals surface area (Å²) in [5, 5.41) is 8.61. The Hall–Kier alpha value is -0.130. The maximum atomic E-state index is 10.5. The minimum atomic E-state index is -2.29. The van der Waals surface area contributed by atoms with Crippen molar-refractivity contribution in [3.8, 4) is 0 Å².